The molecule has 0 spiro atoms. The highest BCUT2D eigenvalue weighted by Gasteiger charge is 2.37. The second-order valence-corrected chi connectivity index (χ2v) is 8.71. The minimum atomic E-state index is -1.07. The van der Waals surface area contributed by atoms with Gasteiger partial charge in [-0.15, -0.1) is 0 Å². The summed E-state index contributed by atoms with van der Waals surface area (Å²) in [4.78, 5) is 77.4. The van der Waals surface area contributed by atoms with Gasteiger partial charge in [-0.3, -0.25) is 24.0 Å². The summed E-state index contributed by atoms with van der Waals surface area (Å²) in [5.41, 5.74) is 5.39. The fraction of sp³-hybridized carbons (Fsp3) is 0.714. The Balaban J connectivity index is 1.48. The summed E-state index contributed by atoms with van der Waals surface area (Å²) in [5.74, 6) is -3.23. The Kier molecular flexibility index (Phi) is 8.42. The van der Waals surface area contributed by atoms with Crippen LogP contribution in [0.5, 0.6) is 0 Å². The molecular weight excluding hydrogens is 448 g/mol. The van der Waals surface area contributed by atoms with Gasteiger partial charge in [0.25, 0.3) is 0 Å². The molecule has 0 aromatic carbocycles. The van der Waals surface area contributed by atoms with Crippen molar-refractivity contribution in [3.05, 3.63) is 0 Å². The Morgan fingerprint density at radius 3 is 1.47 bits per heavy atom. The maximum atomic E-state index is 12.7. The van der Waals surface area contributed by atoms with Crippen LogP contribution in [0.4, 0.5) is 0 Å². The zero-order valence-electron chi connectivity index (χ0n) is 19.0. The normalized spacial score (nSPS) is 24.3. The molecule has 13 heteroatoms. The lowest BCUT2D eigenvalue weighted by molar-refractivity contribution is -0.148. The summed E-state index contributed by atoms with van der Waals surface area (Å²) in [6, 6.07) is -2.31. The van der Waals surface area contributed by atoms with Crippen molar-refractivity contribution in [2.75, 3.05) is 39.3 Å². The van der Waals surface area contributed by atoms with Crippen molar-refractivity contribution in [1.82, 2.24) is 25.3 Å². The highest BCUT2D eigenvalue weighted by molar-refractivity contribution is 5.94. The molecule has 188 valence electrons. The Morgan fingerprint density at radius 1 is 0.676 bits per heavy atom. The van der Waals surface area contributed by atoms with Crippen LogP contribution in [0.1, 0.15) is 38.5 Å². The van der Waals surface area contributed by atoms with E-state index in [9.17, 15) is 33.9 Å². The molecule has 0 aliphatic carbocycles. The van der Waals surface area contributed by atoms with Crippen molar-refractivity contribution < 1.29 is 33.9 Å². The van der Waals surface area contributed by atoms with Gasteiger partial charge in [-0.2, -0.15) is 0 Å². The van der Waals surface area contributed by atoms with Crippen molar-refractivity contribution in [1.29, 1.82) is 0 Å². The number of carboxylic acids is 1. The quantitative estimate of drug-likeness (QED) is 0.288. The summed E-state index contributed by atoms with van der Waals surface area (Å²) >= 11 is 0. The maximum absolute atomic E-state index is 12.7. The summed E-state index contributed by atoms with van der Waals surface area (Å²) in [6.45, 7) is 0.273. The Morgan fingerprint density at radius 2 is 1.06 bits per heavy atom. The van der Waals surface area contributed by atoms with Crippen molar-refractivity contribution in [3.63, 3.8) is 0 Å². The van der Waals surface area contributed by atoms with Crippen LogP contribution in [0.3, 0.4) is 0 Å². The highest BCUT2D eigenvalue weighted by Crippen LogP contribution is 2.20. The zero-order chi connectivity index (χ0) is 24.8. The Hall–Kier alpha value is -3.22. The second-order valence-electron chi connectivity index (χ2n) is 8.71. The number of nitrogens with two attached hydrogens (primary N) is 1. The molecular formula is C21H32N6O7. The molecule has 5 N–H and O–H groups in total. The molecule has 13 nitrogen and oxygen atoms in total. The molecule has 34 heavy (non-hydrogen) atoms. The molecule has 3 heterocycles. The zero-order valence-corrected chi connectivity index (χ0v) is 19.0. The van der Waals surface area contributed by atoms with Crippen LogP contribution in [0.25, 0.3) is 0 Å². The predicted molar refractivity (Wildman–Crippen MR) is 117 cm³/mol. The smallest absolute Gasteiger partial charge is 0.326 e. The van der Waals surface area contributed by atoms with Crippen LogP contribution in [0.2, 0.25) is 0 Å². The van der Waals surface area contributed by atoms with E-state index in [4.69, 9.17) is 5.73 Å². The number of carbonyl (C=O) groups is 6. The van der Waals surface area contributed by atoms with Gasteiger partial charge in [0.2, 0.25) is 29.5 Å². The van der Waals surface area contributed by atoms with Crippen molar-refractivity contribution >= 4 is 35.5 Å². The van der Waals surface area contributed by atoms with Gasteiger partial charge < -0.3 is 36.2 Å². The number of carboxylic acid groups (broad SMARTS) is 1. The summed E-state index contributed by atoms with van der Waals surface area (Å²) in [7, 11) is 0. The van der Waals surface area contributed by atoms with Crippen molar-refractivity contribution in [3.8, 4) is 0 Å². The van der Waals surface area contributed by atoms with Crippen LogP contribution in [-0.2, 0) is 28.8 Å². The Bertz CT molecular complexity index is 849. The van der Waals surface area contributed by atoms with Gasteiger partial charge in [0.15, 0.2) is 0 Å². The molecule has 3 rings (SSSR count). The van der Waals surface area contributed by atoms with Crippen LogP contribution in [0.15, 0.2) is 0 Å². The van der Waals surface area contributed by atoms with Gasteiger partial charge >= 0.3 is 5.97 Å². The molecule has 0 radical (unpaired) electrons. The van der Waals surface area contributed by atoms with Gasteiger partial charge in [-0.1, -0.05) is 0 Å². The minimum Gasteiger partial charge on any atom is -0.480 e. The molecule has 5 amide bonds. The topological polar surface area (TPSA) is 182 Å². The first-order valence-electron chi connectivity index (χ1n) is 11.6. The first kappa shape index (κ1) is 25.4. The average Bonchev–Trinajstić information content (AvgIpc) is 3.59. The van der Waals surface area contributed by atoms with E-state index in [1.54, 1.807) is 0 Å². The van der Waals surface area contributed by atoms with E-state index in [-0.39, 0.29) is 25.5 Å². The fourth-order valence-electron chi connectivity index (χ4n) is 4.88. The number of hydrogen-bond acceptors (Lipinski definition) is 7. The largest absolute Gasteiger partial charge is 0.480 e. The number of rotatable bonds is 8. The number of amides is 5. The molecule has 0 saturated carbocycles. The number of nitrogens with zero attached hydrogens (tertiary/aromatic N) is 3. The van der Waals surface area contributed by atoms with Crippen LogP contribution < -0.4 is 16.4 Å². The monoisotopic (exact) mass is 480 g/mol. The van der Waals surface area contributed by atoms with Crippen LogP contribution >= 0.6 is 0 Å². The SMILES string of the molecule is NCC(=O)N1CCCC1C(=O)NCC(=O)N1CCCC1C(=O)NCC(=O)N1CCCC1C(=O)O. The molecule has 0 bridgehead atoms. The van der Waals surface area contributed by atoms with Crippen LogP contribution in [0, 0.1) is 0 Å². The van der Waals surface area contributed by atoms with E-state index in [0.29, 0.717) is 58.2 Å². The molecule has 3 fully saturated rings. The molecule has 3 atom stereocenters. The lowest BCUT2D eigenvalue weighted by Crippen LogP contribution is -2.53. The van der Waals surface area contributed by atoms with Gasteiger partial charge in [0.05, 0.1) is 19.6 Å². The first-order valence-corrected chi connectivity index (χ1v) is 11.6. The van der Waals surface area contributed by atoms with E-state index in [2.05, 4.69) is 10.6 Å². The van der Waals surface area contributed by atoms with E-state index < -0.39 is 47.7 Å². The number of hydrogen-bond donors (Lipinski definition) is 4. The number of carbonyl (C=O) groups excluding carboxylic acids is 5. The van der Waals surface area contributed by atoms with E-state index >= 15 is 0 Å². The Labute approximate surface area is 197 Å². The van der Waals surface area contributed by atoms with Crippen molar-refractivity contribution in [2.45, 2.75) is 56.7 Å². The third-order valence-corrected chi connectivity index (χ3v) is 6.61. The third kappa shape index (κ3) is 5.64. The molecule has 0 aromatic rings. The summed E-state index contributed by atoms with van der Waals surface area (Å²) < 4.78 is 0. The molecule has 3 aliphatic rings. The summed E-state index contributed by atoms with van der Waals surface area (Å²) in [6.07, 6.45) is 3.16. The lowest BCUT2D eigenvalue weighted by Gasteiger charge is -2.26. The number of nitrogens with one attached hydrogen (secondary N) is 2. The van der Waals surface area contributed by atoms with E-state index in [1.807, 2.05) is 0 Å². The molecule has 3 unspecified atom stereocenters. The van der Waals surface area contributed by atoms with Crippen LogP contribution in [-0.4, -0.2) is 113 Å². The second kappa shape index (κ2) is 11.3. The highest BCUT2D eigenvalue weighted by atomic mass is 16.4. The lowest BCUT2D eigenvalue weighted by atomic mass is 10.2. The van der Waals surface area contributed by atoms with Gasteiger partial charge in [-0.05, 0) is 38.5 Å². The summed E-state index contributed by atoms with van der Waals surface area (Å²) in [5, 5.41) is 14.3. The van der Waals surface area contributed by atoms with Gasteiger partial charge in [0.1, 0.15) is 18.1 Å². The molecule has 0 aromatic heterocycles. The standard InChI is InChI=1S/C21H32N6O7/c22-10-16(28)25-7-1-4-13(25)19(31)23-11-17(29)26-8-2-5-14(26)20(32)24-12-18(30)27-9-3-6-15(27)21(33)34/h13-15H,1-12,22H2,(H,23,31)(H,24,32)(H,33,34). The first-order chi connectivity index (χ1) is 16.2. The molecule has 3 saturated heterocycles. The third-order valence-electron chi connectivity index (χ3n) is 6.61. The average molecular weight is 481 g/mol. The van der Waals surface area contributed by atoms with Crippen molar-refractivity contribution in [2.24, 2.45) is 5.73 Å². The number of likely N-dealkylation sites (tertiary alicyclic amines) is 3. The number of aliphatic carboxylic acids is 1. The van der Waals surface area contributed by atoms with Gasteiger partial charge in [0, 0.05) is 19.6 Å². The fourth-order valence-corrected chi connectivity index (χ4v) is 4.88. The maximum Gasteiger partial charge on any atom is 0.326 e. The van der Waals surface area contributed by atoms with Gasteiger partial charge in [-0.25, -0.2) is 4.79 Å². The minimum absolute atomic E-state index is 0.190. The molecule has 3 aliphatic heterocycles. The predicted octanol–water partition coefficient (Wildman–Crippen LogP) is -2.76. The van der Waals surface area contributed by atoms with E-state index in [1.165, 1.54) is 14.7 Å². The van der Waals surface area contributed by atoms with E-state index in [0.717, 1.165) is 0 Å².